The normalized spacial score (nSPS) is 29.9. The van der Waals surface area contributed by atoms with Crippen LogP contribution in [0.1, 0.15) is 73.1 Å². The Morgan fingerprint density at radius 1 is 1.21 bits per heavy atom. The monoisotopic (exact) mass is 269 g/mol. The zero-order valence-corrected chi connectivity index (χ0v) is 13.3. The van der Waals surface area contributed by atoms with E-state index in [1.54, 1.807) is 0 Å². The molecule has 3 heteroatoms. The van der Waals surface area contributed by atoms with Crippen molar-refractivity contribution < 1.29 is 9.90 Å². The van der Waals surface area contributed by atoms with Gasteiger partial charge in [0.15, 0.2) is 0 Å². The summed E-state index contributed by atoms with van der Waals surface area (Å²) in [5.74, 6) is -0.0433. The van der Waals surface area contributed by atoms with Crippen LogP contribution in [0.3, 0.4) is 0 Å². The van der Waals surface area contributed by atoms with Crippen LogP contribution < -0.4 is 5.73 Å². The lowest BCUT2D eigenvalue weighted by molar-refractivity contribution is -0.141. The Balaban J connectivity index is 2.93. The molecule has 0 saturated heterocycles. The van der Waals surface area contributed by atoms with Crippen LogP contribution in [0.25, 0.3) is 0 Å². The lowest BCUT2D eigenvalue weighted by atomic mass is 9.64. The highest BCUT2D eigenvalue weighted by Gasteiger charge is 2.45. The molecule has 0 aliphatic heterocycles. The Morgan fingerprint density at radius 3 is 2.21 bits per heavy atom. The first-order valence-corrected chi connectivity index (χ1v) is 7.49. The van der Waals surface area contributed by atoms with Gasteiger partial charge in [0.1, 0.15) is 0 Å². The zero-order chi connectivity index (χ0) is 14.9. The highest BCUT2D eigenvalue weighted by atomic mass is 16.4. The number of carboxylic acids is 1. The molecule has 0 radical (unpaired) electrons. The van der Waals surface area contributed by atoms with Crippen LogP contribution in [0.4, 0.5) is 0 Å². The number of aliphatic carboxylic acids is 1. The van der Waals surface area contributed by atoms with Gasteiger partial charge in [0.05, 0.1) is 6.42 Å². The van der Waals surface area contributed by atoms with Gasteiger partial charge in [0.2, 0.25) is 0 Å². The second-order valence-corrected chi connectivity index (χ2v) is 8.07. The third kappa shape index (κ3) is 3.95. The number of rotatable bonds is 3. The summed E-state index contributed by atoms with van der Waals surface area (Å²) >= 11 is 0. The van der Waals surface area contributed by atoms with Crippen LogP contribution in [-0.4, -0.2) is 16.6 Å². The molecule has 112 valence electrons. The van der Waals surface area contributed by atoms with E-state index in [2.05, 4.69) is 20.8 Å². The lowest BCUT2D eigenvalue weighted by Crippen LogP contribution is -2.51. The molecule has 1 aliphatic rings. The highest BCUT2D eigenvalue weighted by Crippen LogP contribution is 2.49. The third-order valence-electron chi connectivity index (χ3n) is 5.26. The number of carboxylic acid groups (broad SMARTS) is 1. The largest absolute Gasteiger partial charge is 0.481 e. The van der Waals surface area contributed by atoms with Gasteiger partial charge in [-0.2, -0.15) is 0 Å². The minimum absolute atomic E-state index is 0.202. The quantitative estimate of drug-likeness (QED) is 0.766. The lowest BCUT2D eigenvalue weighted by Gasteiger charge is -2.44. The van der Waals surface area contributed by atoms with Crippen LogP contribution in [-0.2, 0) is 4.79 Å². The molecular weight excluding hydrogens is 238 g/mol. The second-order valence-electron chi connectivity index (χ2n) is 8.07. The van der Waals surface area contributed by atoms with Crippen molar-refractivity contribution in [1.82, 2.24) is 0 Å². The maximum atomic E-state index is 11.3. The molecule has 1 rings (SSSR count). The van der Waals surface area contributed by atoms with Crippen LogP contribution in [0.2, 0.25) is 0 Å². The van der Waals surface area contributed by atoms with E-state index >= 15 is 0 Å². The Morgan fingerprint density at radius 2 is 1.79 bits per heavy atom. The fourth-order valence-electron chi connectivity index (χ4n) is 3.61. The Kier molecular flexibility index (Phi) is 4.71. The predicted octanol–water partition coefficient (Wildman–Crippen LogP) is 3.81. The fourth-order valence-corrected chi connectivity index (χ4v) is 3.61. The van der Waals surface area contributed by atoms with E-state index in [1.807, 2.05) is 13.8 Å². The molecule has 1 saturated carbocycles. The van der Waals surface area contributed by atoms with Crippen LogP contribution in [0.15, 0.2) is 0 Å². The summed E-state index contributed by atoms with van der Waals surface area (Å²) in [6, 6.07) is 0. The average molecular weight is 269 g/mol. The van der Waals surface area contributed by atoms with Gasteiger partial charge in [0, 0.05) is 5.54 Å². The van der Waals surface area contributed by atoms with Gasteiger partial charge >= 0.3 is 5.97 Å². The molecule has 2 atom stereocenters. The van der Waals surface area contributed by atoms with E-state index in [1.165, 1.54) is 6.42 Å². The van der Waals surface area contributed by atoms with E-state index in [0.29, 0.717) is 11.3 Å². The molecule has 2 unspecified atom stereocenters. The fraction of sp³-hybridized carbons (Fsp3) is 0.938. The summed E-state index contributed by atoms with van der Waals surface area (Å²) in [5.41, 5.74) is 5.97. The summed E-state index contributed by atoms with van der Waals surface area (Å²) in [6.45, 7) is 10.8. The molecule has 1 aliphatic carbocycles. The summed E-state index contributed by atoms with van der Waals surface area (Å²) in [7, 11) is 0. The molecule has 0 bridgehead atoms. The molecule has 3 nitrogen and oxygen atoms in total. The molecule has 0 aromatic carbocycles. The first-order chi connectivity index (χ1) is 8.48. The Hall–Kier alpha value is -0.570. The predicted molar refractivity (Wildman–Crippen MR) is 79.0 cm³/mol. The van der Waals surface area contributed by atoms with Gasteiger partial charge in [-0.15, -0.1) is 0 Å². The average Bonchev–Trinajstić information content (AvgIpc) is 2.38. The molecule has 0 aromatic heterocycles. The molecule has 3 N–H and O–H groups in total. The van der Waals surface area contributed by atoms with Gasteiger partial charge in [0.25, 0.3) is 0 Å². The van der Waals surface area contributed by atoms with Crippen molar-refractivity contribution in [2.75, 3.05) is 0 Å². The molecular formula is C16H31NO2. The minimum atomic E-state index is -0.715. The Bertz CT molecular complexity index is 325. The van der Waals surface area contributed by atoms with Gasteiger partial charge in [-0.1, -0.05) is 27.2 Å². The van der Waals surface area contributed by atoms with Crippen molar-refractivity contribution in [2.24, 2.45) is 22.5 Å². The number of hydrogen-bond donors (Lipinski definition) is 2. The van der Waals surface area contributed by atoms with Gasteiger partial charge in [-0.05, 0) is 56.3 Å². The zero-order valence-electron chi connectivity index (χ0n) is 13.3. The minimum Gasteiger partial charge on any atom is -0.481 e. The number of nitrogens with two attached hydrogens (primary N) is 1. The molecule has 19 heavy (non-hydrogen) atoms. The molecule has 0 amide bonds. The summed E-state index contributed by atoms with van der Waals surface area (Å²) in [4.78, 5) is 11.3. The van der Waals surface area contributed by atoms with Gasteiger partial charge in [-0.3, -0.25) is 4.79 Å². The van der Waals surface area contributed by atoms with Crippen molar-refractivity contribution in [3.05, 3.63) is 0 Å². The van der Waals surface area contributed by atoms with E-state index in [4.69, 9.17) is 5.73 Å². The van der Waals surface area contributed by atoms with Crippen molar-refractivity contribution in [3.8, 4) is 0 Å². The molecule has 0 spiro atoms. The number of hydrogen-bond acceptors (Lipinski definition) is 2. The highest BCUT2D eigenvalue weighted by molar-refractivity contribution is 5.68. The first-order valence-electron chi connectivity index (χ1n) is 7.49. The van der Waals surface area contributed by atoms with E-state index in [9.17, 15) is 9.90 Å². The van der Waals surface area contributed by atoms with Crippen molar-refractivity contribution in [1.29, 1.82) is 0 Å². The summed E-state index contributed by atoms with van der Waals surface area (Å²) in [5, 5.41) is 9.26. The van der Waals surface area contributed by atoms with E-state index in [0.717, 1.165) is 25.7 Å². The summed E-state index contributed by atoms with van der Waals surface area (Å²) < 4.78 is 0. The number of carbonyl (C=O) groups is 1. The van der Waals surface area contributed by atoms with Crippen molar-refractivity contribution in [2.45, 2.75) is 78.7 Å². The van der Waals surface area contributed by atoms with Crippen LogP contribution >= 0.6 is 0 Å². The van der Waals surface area contributed by atoms with Crippen LogP contribution in [0.5, 0.6) is 0 Å². The van der Waals surface area contributed by atoms with Crippen molar-refractivity contribution >= 4 is 5.97 Å². The van der Waals surface area contributed by atoms with Gasteiger partial charge in [-0.25, -0.2) is 0 Å². The topological polar surface area (TPSA) is 63.3 Å². The standard InChI is InChI=1S/C16H31NO2/c1-14(2,3)12-7-6-9-16(10-8-12,11-13(18)19)15(4,5)17/h12H,6-11,17H2,1-5H3,(H,18,19). The van der Waals surface area contributed by atoms with Crippen LogP contribution in [0, 0.1) is 16.7 Å². The smallest absolute Gasteiger partial charge is 0.303 e. The Labute approximate surface area is 118 Å². The van der Waals surface area contributed by atoms with Crippen molar-refractivity contribution in [3.63, 3.8) is 0 Å². The SMILES string of the molecule is CC(C)(C)C1CCCC(CC(=O)O)(C(C)(C)N)CC1. The molecule has 1 fully saturated rings. The maximum absolute atomic E-state index is 11.3. The molecule has 0 aromatic rings. The maximum Gasteiger partial charge on any atom is 0.303 e. The van der Waals surface area contributed by atoms with E-state index < -0.39 is 11.5 Å². The van der Waals surface area contributed by atoms with Gasteiger partial charge < -0.3 is 10.8 Å². The van der Waals surface area contributed by atoms with E-state index in [-0.39, 0.29) is 11.8 Å². The molecule has 0 heterocycles. The summed E-state index contributed by atoms with van der Waals surface area (Å²) in [6.07, 6.45) is 5.46. The third-order valence-corrected chi connectivity index (χ3v) is 5.26. The first kappa shape index (κ1) is 16.5. The second kappa shape index (κ2) is 5.43.